The summed E-state index contributed by atoms with van der Waals surface area (Å²) in [6, 6.07) is 8.23. The highest BCUT2D eigenvalue weighted by Gasteiger charge is 2.51. The first-order valence-corrected chi connectivity index (χ1v) is 7.15. The van der Waals surface area contributed by atoms with Crippen molar-refractivity contribution >= 4 is 12.6 Å². The van der Waals surface area contributed by atoms with E-state index in [2.05, 4.69) is 39.8 Å². The lowest BCUT2D eigenvalue weighted by molar-refractivity contribution is 0.00578. The Labute approximate surface area is 122 Å². The van der Waals surface area contributed by atoms with Crippen LogP contribution in [-0.2, 0) is 15.7 Å². The van der Waals surface area contributed by atoms with E-state index in [0.717, 1.165) is 11.9 Å². The standard InChI is InChI=1S/C15H25BN2O2/c1-14(2)15(3,4)20-16(19-14)12-7-5-11(6-8-12)9-13(18)10-17/h5-8,13H,9-10,17-18H2,1-4H3. The molecule has 1 aromatic rings. The zero-order valence-electron chi connectivity index (χ0n) is 12.8. The molecular weight excluding hydrogens is 251 g/mol. The topological polar surface area (TPSA) is 70.5 Å². The number of benzene rings is 1. The van der Waals surface area contributed by atoms with Gasteiger partial charge in [0.2, 0.25) is 0 Å². The fourth-order valence-corrected chi connectivity index (χ4v) is 2.18. The third-order valence-corrected chi connectivity index (χ3v) is 4.31. The second kappa shape index (κ2) is 5.49. The van der Waals surface area contributed by atoms with Crippen LogP contribution >= 0.6 is 0 Å². The monoisotopic (exact) mass is 276 g/mol. The van der Waals surface area contributed by atoms with E-state index in [1.165, 1.54) is 5.56 Å². The SMILES string of the molecule is CC1(C)OB(c2ccc(CC(N)CN)cc2)OC1(C)C. The molecule has 0 aromatic heterocycles. The molecule has 1 saturated heterocycles. The highest BCUT2D eigenvalue weighted by molar-refractivity contribution is 6.62. The summed E-state index contributed by atoms with van der Waals surface area (Å²) in [4.78, 5) is 0. The summed E-state index contributed by atoms with van der Waals surface area (Å²) >= 11 is 0. The summed E-state index contributed by atoms with van der Waals surface area (Å²) in [5.41, 5.74) is 13.0. The Morgan fingerprint density at radius 3 is 2.00 bits per heavy atom. The van der Waals surface area contributed by atoms with Gasteiger partial charge < -0.3 is 20.8 Å². The molecule has 0 saturated carbocycles. The van der Waals surface area contributed by atoms with Gasteiger partial charge in [0.1, 0.15) is 0 Å². The Bertz CT molecular complexity index is 443. The minimum absolute atomic E-state index is 0.0118. The normalized spacial score (nSPS) is 22.0. The van der Waals surface area contributed by atoms with Crippen molar-refractivity contribution in [2.24, 2.45) is 11.5 Å². The first kappa shape index (κ1) is 15.5. The van der Waals surface area contributed by atoms with E-state index in [0.29, 0.717) is 6.54 Å². The average Bonchev–Trinajstić information content (AvgIpc) is 2.59. The zero-order valence-corrected chi connectivity index (χ0v) is 12.8. The molecule has 0 radical (unpaired) electrons. The van der Waals surface area contributed by atoms with Crippen LogP contribution in [0.15, 0.2) is 24.3 Å². The minimum Gasteiger partial charge on any atom is -0.399 e. The van der Waals surface area contributed by atoms with Crippen LogP contribution in [0.5, 0.6) is 0 Å². The molecule has 4 nitrogen and oxygen atoms in total. The third kappa shape index (κ3) is 3.06. The molecule has 1 heterocycles. The molecule has 2 rings (SSSR count). The highest BCUT2D eigenvalue weighted by atomic mass is 16.7. The largest absolute Gasteiger partial charge is 0.494 e. The van der Waals surface area contributed by atoms with E-state index < -0.39 is 0 Å². The van der Waals surface area contributed by atoms with E-state index in [1.54, 1.807) is 0 Å². The first-order valence-electron chi connectivity index (χ1n) is 7.15. The van der Waals surface area contributed by atoms with E-state index in [-0.39, 0.29) is 24.4 Å². The molecule has 1 aliphatic heterocycles. The summed E-state index contributed by atoms with van der Waals surface area (Å²) in [5.74, 6) is 0. The predicted octanol–water partition coefficient (Wildman–Crippen LogP) is 0.814. The Hall–Kier alpha value is -0.875. The third-order valence-electron chi connectivity index (χ3n) is 4.31. The van der Waals surface area contributed by atoms with Gasteiger partial charge in [-0.2, -0.15) is 0 Å². The molecule has 0 bridgehead atoms. The summed E-state index contributed by atoms with van der Waals surface area (Å²) in [7, 11) is -0.308. The van der Waals surface area contributed by atoms with Gasteiger partial charge in [0.25, 0.3) is 0 Å². The maximum Gasteiger partial charge on any atom is 0.494 e. The molecule has 1 aliphatic rings. The maximum atomic E-state index is 6.03. The Morgan fingerprint density at radius 1 is 1.05 bits per heavy atom. The molecule has 1 aromatic carbocycles. The van der Waals surface area contributed by atoms with Crippen molar-refractivity contribution in [2.75, 3.05) is 6.54 Å². The van der Waals surface area contributed by atoms with Crippen LogP contribution in [0.25, 0.3) is 0 Å². The molecule has 1 fully saturated rings. The summed E-state index contributed by atoms with van der Waals surface area (Å²) in [6.07, 6.45) is 0.792. The number of hydrogen-bond acceptors (Lipinski definition) is 4. The van der Waals surface area contributed by atoms with Crippen LogP contribution in [0.1, 0.15) is 33.3 Å². The first-order chi connectivity index (χ1) is 9.25. The van der Waals surface area contributed by atoms with Gasteiger partial charge in [-0.05, 0) is 45.1 Å². The van der Waals surface area contributed by atoms with Gasteiger partial charge in [-0.1, -0.05) is 24.3 Å². The van der Waals surface area contributed by atoms with Crippen LogP contribution in [0.3, 0.4) is 0 Å². The van der Waals surface area contributed by atoms with E-state index in [9.17, 15) is 0 Å². The van der Waals surface area contributed by atoms with Crippen LogP contribution in [-0.4, -0.2) is 30.9 Å². The van der Waals surface area contributed by atoms with Gasteiger partial charge in [0, 0.05) is 12.6 Å². The molecule has 20 heavy (non-hydrogen) atoms. The summed E-state index contributed by atoms with van der Waals surface area (Å²) in [5, 5.41) is 0. The van der Waals surface area contributed by atoms with Crippen molar-refractivity contribution in [1.82, 2.24) is 0 Å². The molecular formula is C15H25BN2O2. The highest BCUT2D eigenvalue weighted by Crippen LogP contribution is 2.36. The van der Waals surface area contributed by atoms with Gasteiger partial charge in [-0.15, -0.1) is 0 Å². The van der Waals surface area contributed by atoms with E-state index in [4.69, 9.17) is 20.8 Å². The summed E-state index contributed by atoms with van der Waals surface area (Å²) < 4.78 is 12.1. The molecule has 5 heteroatoms. The Balaban J connectivity index is 2.08. The lowest BCUT2D eigenvalue weighted by atomic mass is 9.78. The van der Waals surface area contributed by atoms with Gasteiger partial charge >= 0.3 is 7.12 Å². The van der Waals surface area contributed by atoms with Gasteiger partial charge in [-0.3, -0.25) is 0 Å². The number of rotatable bonds is 4. The van der Waals surface area contributed by atoms with Crippen LogP contribution in [0.2, 0.25) is 0 Å². The number of nitrogens with two attached hydrogens (primary N) is 2. The minimum atomic E-state index is -0.308. The lowest BCUT2D eigenvalue weighted by Gasteiger charge is -2.32. The van der Waals surface area contributed by atoms with Crippen molar-refractivity contribution in [1.29, 1.82) is 0 Å². The molecule has 0 spiro atoms. The van der Waals surface area contributed by atoms with Crippen molar-refractivity contribution in [3.05, 3.63) is 29.8 Å². The van der Waals surface area contributed by atoms with Gasteiger partial charge in [0.05, 0.1) is 11.2 Å². The quantitative estimate of drug-likeness (QED) is 0.799. The van der Waals surface area contributed by atoms with Gasteiger partial charge in [-0.25, -0.2) is 0 Å². The summed E-state index contributed by atoms with van der Waals surface area (Å²) in [6.45, 7) is 8.73. The predicted molar refractivity (Wildman–Crippen MR) is 82.9 cm³/mol. The van der Waals surface area contributed by atoms with E-state index in [1.807, 2.05) is 12.1 Å². The average molecular weight is 276 g/mol. The smallest absolute Gasteiger partial charge is 0.399 e. The molecule has 0 amide bonds. The maximum absolute atomic E-state index is 6.03. The fraction of sp³-hybridized carbons (Fsp3) is 0.600. The second-order valence-corrected chi connectivity index (χ2v) is 6.53. The Kier molecular flexibility index (Phi) is 4.26. The van der Waals surface area contributed by atoms with Crippen LogP contribution in [0, 0.1) is 0 Å². The zero-order chi connectivity index (χ0) is 15.0. The van der Waals surface area contributed by atoms with Crippen molar-refractivity contribution in [3.63, 3.8) is 0 Å². The molecule has 1 unspecified atom stereocenters. The van der Waals surface area contributed by atoms with Crippen molar-refractivity contribution in [3.8, 4) is 0 Å². The van der Waals surface area contributed by atoms with Crippen LogP contribution < -0.4 is 16.9 Å². The van der Waals surface area contributed by atoms with Crippen molar-refractivity contribution < 1.29 is 9.31 Å². The fourth-order valence-electron chi connectivity index (χ4n) is 2.18. The molecule has 1 atom stereocenters. The van der Waals surface area contributed by atoms with Gasteiger partial charge in [0.15, 0.2) is 0 Å². The molecule has 0 aliphatic carbocycles. The van der Waals surface area contributed by atoms with Crippen molar-refractivity contribution in [2.45, 2.75) is 51.4 Å². The number of hydrogen-bond donors (Lipinski definition) is 2. The Morgan fingerprint density at radius 2 is 1.55 bits per heavy atom. The lowest BCUT2D eigenvalue weighted by Crippen LogP contribution is -2.41. The van der Waals surface area contributed by atoms with Crippen LogP contribution in [0.4, 0.5) is 0 Å². The van der Waals surface area contributed by atoms with E-state index >= 15 is 0 Å². The second-order valence-electron chi connectivity index (χ2n) is 6.53. The molecule has 4 N–H and O–H groups in total. The molecule has 110 valence electrons.